The minimum absolute atomic E-state index is 0.214. The number of hydrogen-bond acceptors (Lipinski definition) is 3. The van der Waals surface area contributed by atoms with Gasteiger partial charge in [-0.1, -0.05) is 54.6 Å². The summed E-state index contributed by atoms with van der Waals surface area (Å²) in [5, 5.41) is 9.49. The van der Waals surface area contributed by atoms with Crippen LogP contribution in [0.15, 0.2) is 71.8 Å². The first-order valence-corrected chi connectivity index (χ1v) is 9.44. The maximum atomic E-state index is 13.1. The lowest BCUT2D eigenvalue weighted by Crippen LogP contribution is -2.43. The van der Waals surface area contributed by atoms with E-state index in [1.807, 2.05) is 6.92 Å². The van der Waals surface area contributed by atoms with Crippen molar-refractivity contribution in [1.29, 1.82) is 0 Å². The quantitative estimate of drug-likeness (QED) is 0.636. The normalized spacial score (nSPS) is 16.1. The Morgan fingerprint density at radius 2 is 1.59 bits per heavy atom. The molecule has 0 spiro atoms. The van der Waals surface area contributed by atoms with Gasteiger partial charge in [-0.05, 0) is 41.0 Å². The molecule has 1 aliphatic rings. The molecular weight excluding hydrogens is 337 g/mol. The fraction of sp³-hybridized carbons (Fsp3) is 0.261. The zero-order chi connectivity index (χ0) is 18.6. The van der Waals surface area contributed by atoms with Crippen LogP contribution in [0.25, 0.3) is 10.8 Å². The highest BCUT2D eigenvalue weighted by molar-refractivity contribution is 5.98. The van der Waals surface area contributed by atoms with E-state index >= 15 is 0 Å². The molecular formula is C23H24FN3. The highest BCUT2D eigenvalue weighted by Crippen LogP contribution is 2.20. The van der Waals surface area contributed by atoms with Gasteiger partial charge in [0.1, 0.15) is 5.82 Å². The SMILES string of the molecule is C/C(=N\N1CCN(Cc2cccc3ccccc23)CC1)c1ccc(F)cc1. The van der Waals surface area contributed by atoms with Crippen molar-refractivity contribution in [2.24, 2.45) is 5.10 Å². The molecule has 1 aliphatic heterocycles. The van der Waals surface area contributed by atoms with Crippen LogP contribution in [-0.2, 0) is 6.54 Å². The van der Waals surface area contributed by atoms with Gasteiger partial charge in [-0.3, -0.25) is 9.91 Å². The molecule has 0 saturated carbocycles. The van der Waals surface area contributed by atoms with Crippen molar-refractivity contribution < 1.29 is 4.39 Å². The second-order valence-electron chi connectivity index (χ2n) is 7.06. The van der Waals surface area contributed by atoms with E-state index in [9.17, 15) is 4.39 Å². The Balaban J connectivity index is 1.39. The number of rotatable bonds is 4. The van der Waals surface area contributed by atoms with Gasteiger partial charge in [0.15, 0.2) is 0 Å². The number of nitrogens with zero attached hydrogens (tertiary/aromatic N) is 3. The molecule has 3 aromatic rings. The van der Waals surface area contributed by atoms with Gasteiger partial charge in [-0.25, -0.2) is 4.39 Å². The fourth-order valence-corrected chi connectivity index (χ4v) is 3.63. The smallest absolute Gasteiger partial charge is 0.123 e. The second kappa shape index (κ2) is 7.89. The van der Waals surface area contributed by atoms with Crippen molar-refractivity contribution >= 4 is 16.5 Å². The molecule has 4 heteroatoms. The molecule has 0 atom stereocenters. The Morgan fingerprint density at radius 3 is 2.37 bits per heavy atom. The summed E-state index contributed by atoms with van der Waals surface area (Å²) in [6, 6.07) is 21.6. The molecule has 1 fully saturated rings. The highest BCUT2D eigenvalue weighted by atomic mass is 19.1. The first kappa shape index (κ1) is 17.7. The van der Waals surface area contributed by atoms with Crippen LogP contribution in [0.4, 0.5) is 4.39 Å². The number of benzene rings is 3. The zero-order valence-corrected chi connectivity index (χ0v) is 15.6. The molecule has 0 aliphatic carbocycles. The largest absolute Gasteiger partial charge is 0.295 e. The van der Waals surface area contributed by atoms with Crippen LogP contribution in [0, 0.1) is 5.82 Å². The van der Waals surface area contributed by atoms with E-state index in [2.05, 4.69) is 52.4 Å². The molecule has 0 aromatic heterocycles. The van der Waals surface area contributed by atoms with E-state index in [0.717, 1.165) is 44.0 Å². The third kappa shape index (κ3) is 4.17. The van der Waals surface area contributed by atoms with Gasteiger partial charge in [-0.15, -0.1) is 0 Å². The predicted octanol–water partition coefficient (Wildman–Crippen LogP) is 4.52. The van der Waals surface area contributed by atoms with Gasteiger partial charge in [0, 0.05) is 32.7 Å². The van der Waals surface area contributed by atoms with Crippen LogP contribution < -0.4 is 0 Å². The summed E-state index contributed by atoms with van der Waals surface area (Å²) in [6.07, 6.45) is 0. The van der Waals surface area contributed by atoms with Crippen LogP contribution in [0.2, 0.25) is 0 Å². The van der Waals surface area contributed by atoms with Gasteiger partial charge in [0.25, 0.3) is 0 Å². The minimum atomic E-state index is -0.214. The minimum Gasteiger partial charge on any atom is -0.295 e. The van der Waals surface area contributed by atoms with Gasteiger partial charge in [-0.2, -0.15) is 5.10 Å². The Morgan fingerprint density at radius 1 is 0.889 bits per heavy atom. The average molecular weight is 361 g/mol. The molecule has 0 bridgehead atoms. The molecule has 4 rings (SSSR count). The zero-order valence-electron chi connectivity index (χ0n) is 15.6. The maximum absolute atomic E-state index is 13.1. The summed E-state index contributed by atoms with van der Waals surface area (Å²) >= 11 is 0. The van der Waals surface area contributed by atoms with E-state index in [1.54, 1.807) is 12.1 Å². The van der Waals surface area contributed by atoms with Crippen LogP contribution in [0.5, 0.6) is 0 Å². The van der Waals surface area contributed by atoms with E-state index in [-0.39, 0.29) is 5.82 Å². The third-order valence-corrected chi connectivity index (χ3v) is 5.18. The Labute approximate surface area is 159 Å². The van der Waals surface area contributed by atoms with Crippen molar-refractivity contribution in [1.82, 2.24) is 9.91 Å². The molecule has 0 unspecified atom stereocenters. The Kier molecular flexibility index (Phi) is 5.16. The summed E-state index contributed by atoms with van der Waals surface area (Å²) in [6.45, 7) is 6.74. The topological polar surface area (TPSA) is 18.8 Å². The summed E-state index contributed by atoms with van der Waals surface area (Å²) in [5.74, 6) is -0.214. The summed E-state index contributed by atoms with van der Waals surface area (Å²) < 4.78 is 13.1. The van der Waals surface area contributed by atoms with Gasteiger partial charge in [0.05, 0.1) is 5.71 Å². The average Bonchev–Trinajstić information content (AvgIpc) is 2.70. The van der Waals surface area contributed by atoms with Gasteiger partial charge >= 0.3 is 0 Å². The molecule has 3 nitrogen and oxygen atoms in total. The number of piperazine rings is 1. The molecule has 3 aromatic carbocycles. The lowest BCUT2D eigenvalue weighted by Gasteiger charge is -2.33. The van der Waals surface area contributed by atoms with Crippen LogP contribution in [0.1, 0.15) is 18.1 Å². The molecule has 0 radical (unpaired) electrons. The Hall–Kier alpha value is -2.72. The van der Waals surface area contributed by atoms with E-state index < -0.39 is 0 Å². The molecule has 138 valence electrons. The number of fused-ring (bicyclic) bond motifs is 1. The Bertz CT molecular complexity index is 936. The van der Waals surface area contributed by atoms with Crippen LogP contribution in [0.3, 0.4) is 0 Å². The van der Waals surface area contributed by atoms with E-state index in [0.29, 0.717) is 0 Å². The van der Waals surface area contributed by atoms with Gasteiger partial charge < -0.3 is 0 Å². The number of hydrazone groups is 1. The van der Waals surface area contributed by atoms with Crippen molar-refractivity contribution in [2.45, 2.75) is 13.5 Å². The van der Waals surface area contributed by atoms with Crippen molar-refractivity contribution in [3.05, 3.63) is 83.7 Å². The third-order valence-electron chi connectivity index (χ3n) is 5.18. The predicted molar refractivity (Wildman–Crippen MR) is 109 cm³/mol. The lowest BCUT2D eigenvalue weighted by molar-refractivity contribution is 0.131. The van der Waals surface area contributed by atoms with E-state index in [4.69, 9.17) is 5.10 Å². The standard InChI is InChI=1S/C23H24FN3/c1-18(19-9-11-22(24)12-10-19)25-27-15-13-26(14-16-27)17-21-7-4-6-20-5-2-3-8-23(20)21/h2-12H,13-17H2,1H3/b25-18+. The molecule has 0 amide bonds. The van der Waals surface area contributed by atoms with E-state index in [1.165, 1.54) is 28.5 Å². The van der Waals surface area contributed by atoms with Crippen molar-refractivity contribution in [3.8, 4) is 0 Å². The molecule has 1 saturated heterocycles. The first-order chi connectivity index (χ1) is 13.2. The monoisotopic (exact) mass is 361 g/mol. The first-order valence-electron chi connectivity index (χ1n) is 9.44. The molecule has 1 heterocycles. The summed E-state index contributed by atoms with van der Waals surface area (Å²) in [7, 11) is 0. The van der Waals surface area contributed by atoms with Crippen LogP contribution in [-0.4, -0.2) is 41.8 Å². The van der Waals surface area contributed by atoms with Crippen molar-refractivity contribution in [2.75, 3.05) is 26.2 Å². The number of hydrogen-bond donors (Lipinski definition) is 0. The van der Waals surface area contributed by atoms with Crippen LogP contribution >= 0.6 is 0 Å². The second-order valence-corrected chi connectivity index (χ2v) is 7.06. The van der Waals surface area contributed by atoms with Crippen molar-refractivity contribution in [3.63, 3.8) is 0 Å². The van der Waals surface area contributed by atoms with Gasteiger partial charge in [0.2, 0.25) is 0 Å². The fourth-order valence-electron chi connectivity index (χ4n) is 3.63. The molecule has 0 N–H and O–H groups in total. The summed E-state index contributed by atoms with van der Waals surface area (Å²) in [5.41, 5.74) is 3.28. The maximum Gasteiger partial charge on any atom is 0.123 e. The summed E-state index contributed by atoms with van der Waals surface area (Å²) in [4.78, 5) is 2.49. The lowest BCUT2D eigenvalue weighted by atomic mass is 10.0. The number of halogens is 1. The highest BCUT2D eigenvalue weighted by Gasteiger charge is 2.17. The molecule has 27 heavy (non-hydrogen) atoms.